The van der Waals surface area contributed by atoms with Gasteiger partial charge in [-0.05, 0) is 36.6 Å². The largest absolute Gasteiger partial charge is 0.427 e. The van der Waals surface area contributed by atoms with Crippen molar-refractivity contribution in [2.24, 2.45) is 0 Å². The van der Waals surface area contributed by atoms with E-state index in [-0.39, 0.29) is 11.9 Å². The smallest absolute Gasteiger partial charge is 0.311 e. The predicted molar refractivity (Wildman–Crippen MR) is 85.8 cm³/mol. The van der Waals surface area contributed by atoms with E-state index in [2.05, 4.69) is 10.3 Å². The lowest BCUT2D eigenvalue weighted by Gasteiger charge is -2.05. The van der Waals surface area contributed by atoms with Crippen LogP contribution >= 0.6 is 0 Å². The minimum Gasteiger partial charge on any atom is -0.427 e. The molecule has 1 heterocycles. The van der Waals surface area contributed by atoms with Crippen molar-refractivity contribution in [2.45, 2.75) is 39.5 Å². The number of hydrogen-bond acceptors (Lipinski definition) is 3. The lowest BCUT2D eigenvalue weighted by atomic mass is 10.1. The number of benzene rings is 1. The maximum absolute atomic E-state index is 11.6. The molecule has 0 fully saturated rings. The Balaban J connectivity index is 2.08. The summed E-state index contributed by atoms with van der Waals surface area (Å²) in [6.07, 6.45) is 4.35. The lowest BCUT2D eigenvalue weighted by molar-refractivity contribution is -0.134. The molecule has 22 heavy (non-hydrogen) atoms. The quantitative estimate of drug-likeness (QED) is 0.610. The number of fused-ring (bicyclic) bond motifs is 1. The summed E-state index contributed by atoms with van der Waals surface area (Å²) in [5.74, 6) is 0.396. The fourth-order valence-corrected chi connectivity index (χ4v) is 2.28. The number of esters is 1. The van der Waals surface area contributed by atoms with Crippen molar-refractivity contribution in [3.05, 3.63) is 30.0 Å². The van der Waals surface area contributed by atoms with Gasteiger partial charge in [0.1, 0.15) is 5.75 Å². The maximum Gasteiger partial charge on any atom is 0.311 e. The zero-order valence-electron chi connectivity index (χ0n) is 13.1. The summed E-state index contributed by atoms with van der Waals surface area (Å²) in [6, 6.07) is 5.56. The number of carbonyl (C=O) groups excluding carboxylic acids is 2. The van der Waals surface area contributed by atoms with Crippen LogP contribution in [0, 0.1) is 0 Å². The van der Waals surface area contributed by atoms with Gasteiger partial charge in [0.05, 0.1) is 0 Å². The van der Waals surface area contributed by atoms with E-state index in [0.717, 1.165) is 29.3 Å². The van der Waals surface area contributed by atoms with Crippen LogP contribution in [0.1, 0.15) is 38.7 Å². The van der Waals surface area contributed by atoms with Crippen molar-refractivity contribution in [3.63, 3.8) is 0 Å². The van der Waals surface area contributed by atoms with Gasteiger partial charge in [0.25, 0.3) is 0 Å². The Kier molecular flexibility index (Phi) is 5.58. The van der Waals surface area contributed by atoms with Crippen LogP contribution < -0.4 is 10.1 Å². The summed E-state index contributed by atoms with van der Waals surface area (Å²) < 4.78 is 5.32. The maximum atomic E-state index is 11.6. The summed E-state index contributed by atoms with van der Waals surface area (Å²) >= 11 is 0. The van der Waals surface area contributed by atoms with Crippen molar-refractivity contribution in [1.82, 2.24) is 10.3 Å². The number of H-pyrrole nitrogens is 1. The Bertz CT molecular complexity index is 661. The number of amides is 1. The average Bonchev–Trinajstić information content (AvgIpc) is 2.90. The minimum absolute atomic E-state index is 0.0500. The molecule has 5 nitrogen and oxygen atoms in total. The van der Waals surface area contributed by atoms with E-state index in [1.807, 2.05) is 32.2 Å². The van der Waals surface area contributed by atoms with Crippen LogP contribution in [0.4, 0.5) is 0 Å². The van der Waals surface area contributed by atoms with Crippen LogP contribution in [0.25, 0.3) is 10.9 Å². The second-order valence-corrected chi connectivity index (χ2v) is 5.20. The zero-order chi connectivity index (χ0) is 15.9. The first-order chi connectivity index (χ1) is 10.6. The Morgan fingerprint density at radius 3 is 2.82 bits per heavy atom. The second kappa shape index (κ2) is 7.64. The number of aromatic amines is 1. The lowest BCUT2D eigenvalue weighted by Crippen LogP contribution is -2.24. The van der Waals surface area contributed by atoms with Gasteiger partial charge in [0.2, 0.25) is 5.91 Å². The van der Waals surface area contributed by atoms with Crippen LogP contribution in [0.2, 0.25) is 0 Å². The first-order valence-electron chi connectivity index (χ1n) is 7.71. The van der Waals surface area contributed by atoms with Crippen LogP contribution in [-0.2, 0) is 16.0 Å². The highest BCUT2D eigenvalue weighted by Crippen LogP contribution is 2.24. The summed E-state index contributed by atoms with van der Waals surface area (Å²) in [7, 11) is 0. The fraction of sp³-hybridized carbons (Fsp3) is 0.412. The molecule has 0 atom stereocenters. The molecular weight excluding hydrogens is 280 g/mol. The molecule has 0 aliphatic carbocycles. The van der Waals surface area contributed by atoms with Crippen molar-refractivity contribution < 1.29 is 14.3 Å². The number of ether oxygens (including phenoxy) is 1. The van der Waals surface area contributed by atoms with Gasteiger partial charge in [-0.25, -0.2) is 0 Å². The molecule has 0 saturated carbocycles. The predicted octanol–water partition coefficient (Wildman–Crippen LogP) is 2.94. The number of carbonyl (C=O) groups is 2. The monoisotopic (exact) mass is 302 g/mol. The molecule has 0 aliphatic heterocycles. The topological polar surface area (TPSA) is 71.2 Å². The van der Waals surface area contributed by atoms with E-state index in [1.165, 1.54) is 0 Å². The van der Waals surface area contributed by atoms with E-state index in [1.54, 1.807) is 6.07 Å². The Hall–Kier alpha value is -2.30. The van der Waals surface area contributed by atoms with Gasteiger partial charge in [0.15, 0.2) is 0 Å². The molecule has 1 aromatic carbocycles. The zero-order valence-corrected chi connectivity index (χ0v) is 13.1. The summed E-state index contributed by atoms with van der Waals surface area (Å²) in [5, 5.41) is 3.88. The second-order valence-electron chi connectivity index (χ2n) is 5.20. The molecule has 5 heteroatoms. The summed E-state index contributed by atoms with van der Waals surface area (Å²) in [4.78, 5) is 26.0. The van der Waals surface area contributed by atoms with Gasteiger partial charge in [-0.1, -0.05) is 13.8 Å². The van der Waals surface area contributed by atoms with Crippen molar-refractivity contribution in [1.29, 1.82) is 0 Å². The molecule has 0 aliphatic rings. The molecule has 0 radical (unpaired) electrons. The SMILES string of the molecule is CCCC(=O)Oc1ccc2[nH]cc(CCNC(=O)CC)c2c1. The average molecular weight is 302 g/mol. The van der Waals surface area contributed by atoms with Crippen molar-refractivity contribution >= 4 is 22.8 Å². The van der Waals surface area contributed by atoms with Gasteiger partial charge in [-0.15, -0.1) is 0 Å². The van der Waals surface area contributed by atoms with Crippen molar-refractivity contribution in [3.8, 4) is 5.75 Å². The third-order valence-corrected chi connectivity index (χ3v) is 3.46. The Morgan fingerprint density at radius 1 is 1.27 bits per heavy atom. The molecule has 2 rings (SSSR count). The van der Waals surface area contributed by atoms with Crippen LogP contribution in [0.15, 0.2) is 24.4 Å². The summed E-state index contributed by atoms with van der Waals surface area (Å²) in [5.41, 5.74) is 2.09. The van der Waals surface area contributed by atoms with Crippen LogP contribution in [0.3, 0.4) is 0 Å². The van der Waals surface area contributed by atoms with Gasteiger partial charge in [-0.2, -0.15) is 0 Å². The van der Waals surface area contributed by atoms with E-state index in [9.17, 15) is 9.59 Å². The van der Waals surface area contributed by atoms with E-state index in [4.69, 9.17) is 4.74 Å². The Morgan fingerprint density at radius 2 is 2.09 bits per heavy atom. The standard InChI is InChI=1S/C17H22N2O3/c1-3-5-17(21)22-13-6-7-15-14(10-13)12(11-19-15)8-9-18-16(20)4-2/h6-7,10-11,19H,3-5,8-9H2,1-2H3,(H,18,20). The molecule has 0 saturated heterocycles. The molecule has 1 aromatic heterocycles. The molecule has 118 valence electrons. The molecule has 1 amide bonds. The number of nitrogens with one attached hydrogen (secondary N) is 2. The fourth-order valence-electron chi connectivity index (χ4n) is 2.28. The van der Waals surface area contributed by atoms with Crippen LogP contribution in [0.5, 0.6) is 5.75 Å². The molecule has 0 unspecified atom stereocenters. The third kappa shape index (κ3) is 4.10. The number of rotatable bonds is 7. The molecule has 2 N–H and O–H groups in total. The highest BCUT2D eigenvalue weighted by atomic mass is 16.5. The minimum atomic E-state index is -0.214. The first kappa shape index (κ1) is 16.1. The van der Waals surface area contributed by atoms with E-state index < -0.39 is 0 Å². The normalized spacial score (nSPS) is 10.6. The van der Waals surface area contributed by atoms with Crippen LogP contribution in [-0.4, -0.2) is 23.4 Å². The van der Waals surface area contributed by atoms with Gasteiger partial charge in [-0.3, -0.25) is 9.59 Å². The number of aromatic nitrogens is 1. The molecular formula is C17H22N2O3. The van der Waals surface area contributed by atoms with Crippen molar-refractivity contribution in [2.75, 3.05) is 6.54 Å². The molecule has 0 spiro atoms. The van der Waals surface area contributed by atoms with Gasteiger partial charge in [0, 0.05) is 36.5 Å². The summed E-state index contributed by atoms with van der Waals surface area (Å²) in [6.45, 7) is 4.37. The first-order valence-corrected chi connectivity index (χ1v) is 7.71. The highest BCUT2D eigenvalue weighted by molar-refractivity contribution is 5.85. The van der Waals surface area contributed by atoms with Gasteiger partial charge < -0.3 is 15.0 Å². The molecule has 2 aromatic rings. The van der Waals surface area contributed by atoms with E-state index in [0.29, 0.717) is 25.1 Å². The molecule has 0 bridgehead atoms. The highest BCUT2D eigenvalue weighted by Gasteiger charge is 2.08. The number of hydrogen-bond donors (Lipinski definition) is 2. The Labute approximate surface area is 130 Å². The van der Waals surface area contributed by atoms with E-state index >= 15 is 0 Å². The van der Waals surface area contributed by atoms with Gasteiger partial charge >= 0.3 is 5.97 Å². The third-order valence-electron chi connectivity index (χ3n) is 3.46.